The first kappa shape index (κ1) is 15.9. The Bertz CT molecular complexity index is 732. The molecule has 0 spiro atoms. The van der Waals surface area contributed by atoms with Gasteiger partial charge < -0.3 is 4.90 Å². The van der Waals surface area contributed by atoms with Crippen LogP contribution >= 0.6 is 11.6 Å². The number of carbonyl (C=O) groups is 1. The number of rotatable bonds is 4. The molecule has 23 heavy (non-hydrogen) atoms. The topological polar surface area (TPSA) is 46.1 Å². The van der Waals surface area contributed by atoms with Crippen LogP contribution < -0.4 is 0 Å². The number of amides is 1. The molecular weight excluding hydrogens is 310 g/mol. The smallest absolute Gasteiger partial charge is 0.210 e. The van der Waals surface area contributed by atoms with E-state index in [2.05, 4.69) is 9.97 Å². The number of hydrogen-bond acceptors (Lipinski definition) is 3. The number of fused-ring (bicyclic) bond motifs is 1. The number of benzene rings is 1. The summed E-state index contributed by atoms with van der Waals surface area (Å²) in [5.74, 6) is 0.809. The Kier molecular flexibility index (Phi) is 4.62. The third kappa shape index (κ3) is 3.53. The lowest BCUT2D eigenvalue weighted by atomic mass is 9.91. The van der Waals surface area contributed by atoms with E-state index in [0.29, 0.717) is 6.54 Å². The van der Waals surface area contributed by atoms with Gasteiger partial charge in [-0.05, 0) is 55.9 Å². The molecule has 1 aliphatic rings. The molecule has 4 nitrogen and oxygen atoms in total. The maximum Gasteiger partial charge on any atom is 0.210 e. The molecule has 0 saturated carbocycles. The first-order valence-corrected chi connectivity index (χ1v) is 8.22. The SMILES string of the molecule is Cc1ncc2c(n1)CCC(N(C=O)Cc1ccc(C)c(Cl)c1)C2. The first-order chi connectivity index (χ1) is 11.1. The van der Waals surface area contributed by atoms with E-state index in [1.165, 1.54) is 0 Å². The molecule has 0 bridgehead atoms. The van der Waals surface area contributed by atoms with E-state index in [1.54, 1.807) is 0 Å². The fourth-order valence-corrected chi connectivity index (χ4v) is 3.27. The Balaban J connectivity index is 1.75. The Morgan fingerprint density at radius 2 is 2.22 bits per heavy atom. The van der Waals surface area contributed by atoms with Gasteiger partial charge in [-0.2, -0.15) is 0 Å². The highest BCUT2D eigenvalue weighted by Gasteiger charge is 2.24. The summed E-state index contributed by atoms with van der Waals surface area (Å²) in [7, 11) is 0. The molecule has 0 radical (unpaired) electrons. The summed E-state index contributed by atoms with van der Waals surface area (Å²) < 4.78 is 0. The van der Waals surface area contributed by atoms with Gasteiger partial charge in [0.1, 0.15) is 5.82 Å². The summed E-state index contributed by atoms with van der Waals surface area (Å²) in [6.45, 7) is 4.46. The van der Waals surface area contributed by atoms with Crippen molar-refractivity contribution in [3.05, 3.63) is 57.6 Å². The van der Waals surface area contributed by atoms with Gasteiger partial charge in [-0.3, -0.25) is 4.79 Å². The Morgan fingerprint density at radius 1 is 1.39 bits per heavy atom. The third-order valence-corrected chi connectivity index (χ3v) is 4.86. The maximum absolute atomic E-state index is 11.6. The molecule has 1 atom stereocenters. The van der Waals surface area contributed by atoms with Crippen LogP contribution in [0.3, 0.4) is 0 Å². The van der Waals surface area contributed by atoms with E-state index in [9.17, 15) is 4.79 Å². The summed E-state index contributed by atoms with van der Waals surface area (Å²) in [6, 6.07) is 6.15. The van der Waals surface area contributed by atoms with Gasteiger partial charge in [0.05, 0.1) is 0 Å². The van der Waals surface area contributed by atoms with Gasteiger partial charge in [0, 0.05) is 29.5 Å². The van der Waals surface area contributed by atoms with E-state index in [4.69, 9.17) is 11.6 Å². The number of aryl methyl sites for hydroxylation is 3. The Labute approximate surface area is 141 Å². The van der Waals surface area contributed by atoms with Gasteiger partial charge in [-0.15, -0.1) is 0 Å². The monoisotopic (exact) mass is 329 g/mol. The minimum atomic E-state index is 0.186. The Morgan fingerprint density at radius 3 is 2.96 bits per heavy atom. The number of aromatic nitrogens is 2. The molecule has 5 heteroatoms. The zero-order valence-electron chi connectivity index (χ0n) is 13.4. The van der Waals surface area contributed by atoms with E-state index in [0.717, 1.165) is 58.9 Å². The largest absolute Gasteiger partial charge is 0.338 e. The van der Waals surface area contributed by atoms with Crippen molar-refractivity contribution < 1.29 is 4.79 Å². The van der Waals surface area contributed by atoms with Crippen molar-refractivity contribution in [3.8, 4) is 0 Å². The van der Waals surface area contributed by atoms with E-state index >= 15 is 0 Å². The molecule has 1 unspecified atom stereocenters. The van der Waals surface area contributed by atoms with Crippen molar-refractivity contribution in [2.75, 3.05) is 0 Å². The van der Waals surface area contributed by atoms with E-state index < -0.39 is 0 Å². The molecule has 0 saturated heterocycles. The van der Waals surface area contributed by atoms with Crippen LogP contribution in [0.25, 0.3) is 0 Å². The second-order valence-electron chi connectivity index (χ2n) is 6.15. The van der Waals surface area contributed by atoms with E-state index in [-0.39, 0.29) is 6.04 Å². The van der Waals surface area contributed by atoms with Crippen LogP contribution in [0.1, 0.15) is 34.6 Å². The summed E-state index contributed by atoms with van der Waals surface area (Å²) in [5.41, 5.74) is 4.38. The molecule has 1 amide bonds. The van der Waals surface area contributed by atoms with Crippen LogP contribution in [-0.2, 0) is 24.2 Å². The normalized spacial score (nSPS) is 16.7. The molecule has 0 aliphatic heterocycles. The van der Waals surface area contributed by atoms with Gasteiger partial charge in [0.2, 0.25) is 6.41 Å². The van der Waals surface area contributed by atoms with Crippen LogP contribution in [-0.4, -0.2) is 27.3 Å². The van der Waals surface area contributed by atoms with Gasteiger partial charge in [-0.25, -0.2) is 9.97 Å². The summed E-state index contributed by atoms with van der Waals surface area (Å²) in [6.07, 6.45) is 5.48. The van der Waals surface area contributed by atoms with Gasteiger partial charge in [0.15, 0.2) is 0 Å². The number of hydrogen-bond donors (Lipinski definition) is 0. The molecule has 1 aromatic heterocycles. The fourth-order valence-electron chi connectivity index (χ4n) is 3.07. The standard InChI is InChI=1S/C18H20ClN3O/c1-12-3-4-14(7-17(12)19)10-22(11-23)16-5-6-18-15(8-16)9-20-13(2)21-18/h3-4,7,9,11,16H,5-6,8,10H2,1-2H3. The highest BCUT2D eigenvalue weighted by atomic mass is 35.5. The van der Waals surface area contributed by atoms with Crippen LogP contribution in [0.2, 0.25) is 5.02 Å². The van der Waals surface area contributed by atoms with Gasteiger partial charge in [0.25, 0.3) is 0 Å². The zero-order chi connectivity index (χ0) is 16.4. The second-order valence-corrected chi connectivity index (χ2v) is 6.55. The second kappa shape index (κ2) is 6.67. The molecule has 1 aromatic carbocycles. The maximum atomic E-state index is 11.6. The molecule has 0 N–H and O–H groups in total. The number of nitrogens with zero attached hydrogens (tertiary/aromatic N) is 3. The molecular formula is C18H20ClN3O. The van der Waals surface area contributed by atoms with E-state index in [1.807, 2.05) is 43.1 Å². The van der Waals surface area contributed by atoms with Crippen molar-refractivity contribution in [2.24, 2.45) is 0 Å². The highest BCUT2D eigenvalue weighted by Crippen LogP contribution is 2.24. The zero-order valence-corrected chi connectivity index (χ0v) is 14.2. The number of carbonyl (C=O) groups excluding carboxylic acids is 1. The average molecular weight is 330 g/mol. The van der Waals surface area contributed by atoms with Gasteiger partial charge >= 0.3 is 0 Å². The molecule has 0 fully saturated rings. The first-order valence-electron chi connectivity index (χ1n) is 7.84. The van der Waals surface area contributed by atoms with Crippen molar-refractivity contribution in [3.63, 3.8) is 0 Å². The lowest BCUT2D eigenvalue weighted by molar-refractivity contribution is -0.121. The predicted octanol–water partition coefficient (Wildman–Crippen LogP) is 3.26. The minimum absolute atomic E-state index is 0.186. The molecule has 3 rings (SSSR count). The van der Waals surface area contributed by atoms with Crippen molar-refractivity contribution in [1.29, 1.82) is 0 Å². The predicted molar refractivity (Wildman–Crippen MR) is 90.4 cm³/mol. The lowest BCUT2D eigenvalue weighted by Gasteiger charge is -2.32. The quantitative estimate of drug-likeness (QED) is 0.809. The summed E-state index contributed by atoms with van der Waals surface area (Å²) in [4.78, 5) is 22.2. The third-order valence-electron chi connectivity index (χ3n) is 4.45. The molecule has 1 heterocycles. The van der Waals surface area contributed by atoms with Crippen LogP contribution in [0.15, 0.2) is 24.4 Å². The van der Waals surface area contributed by atoms with Crippen molar-refractivity contribution >= 4 is 18.0 Å². The van der Waals surface area contributed by atoms with Crippen LogP contribution in [0.5, 0.6) is 0 Å². The van der Waals surface area contributed by atoms with Crippen molar-refractivity contribution in [1.82, 2.24) is 14.9 Å². The van der Waals surface area contributed by atoms with Crippen molar-refractivity contribution in [2.45, 2.75) is 45.7 Å². The fraction of sp³-hybridized carbons (Fsp3) is 0.389. The summed E-state index contributed by atoms with van der Waals surface area (Å²) in [5, 5.41) is 0.742. The molecule has 2 aromatic rings. The number of halogens is 1. The molecule has 120 valence electrons. The average Bonchev–Trinajstić information content (AvgIpc) is 2.55. The highest BCUT2D eigenvalue weighted by molar-refractivity contribution is 6.31. The minimum Gasteiger partial charge on any atom is -0.338 e. The molecule has 1 aliphatic carbocycles. The lowest BCUT2D eigenvalue weighted by Crippen LogP contribution is -2.38. The summed E-state index contributed by atoms with van der Waals surface area (Å²) >= 11 is 6.18. The van der Waals surface area contributed by atoms with Gasteiger partial charge in [-0.1, -0.05) is 23.7 Å². The Hall–Kier alpha value is -1.94. The van der Waals surface area contributed by atoms with Crippen LogP contribution in [0.4, 0.5) is 0 Å². The van der Waals surface area contributed by atoms with Crippen LogP contribution in [0, 0.1) is 13.8 Å².